The van der Waals surface area contributed by atoms with Gasteiger partial charge < -0.3 is 9.88 Å². The largest absolute Gasteiger partial charge is 0.318 e. The quantitative estimate of drug-likeness (QED) is 0.419. The summed E-state index contributed by atoms with van der Waals surface area (Å²) in [6, 6.07) is 12.4. The van der Waals surface area contributed by atoms with Crippen LogP contribution in [-0.2, 0) is 4.79 Å². The molecule has 0 radical (unpaired) electrons. The Morgan fingerprint density at radius 2 is 1.81 bits per heavy atom. The number of halogens is 2. The number of amides is 1. The molecule has 0 unspecified atom stereocenters. The first kappa shape index (κ1) is 21.6. The summed E-state index contributed by atoms with van der Waals surface area (Å²) in [5, 5.41) is 3.40. The van der Waals surface area contributed by atoms with E-state index in [1.807, 2.05) is 62.6 Å². The van der Waals surface area contributed by atoms with Crippen LogP contribution in [0.15, 0.2) is 56.8 Å². The van der Waals surface area contributed by atoms with E-state index in [1.165, 1.54) is 23.9 Å². The minimum atomic E-state index is -0.283. The van der Waals surface area contributed by atoms with Gasteiger partial charge in [0.2, 0.25) is 0 Å². The van der Waals surface area contributed by atoms with E-state index in [1.54, 1.807) is 6.07 Å². The predicted octanol–water partition coefficient (Wildman–Crippen LogP) is 6.50. The van der Waals surface area contributed by atoms with Crippen LogP contribution in [0.3, 0.4) is 0 Å². The Morgan fingerprint density at radius 3 is 2.48 bits per heavy atom. The molecule has 2 aromatic carbocycles. The van der Waals surface area contributed by atoms with Gasteiger partial charge in [-0.15, -0.1) is 0 Å². The molecule has 1 N–H and O–H groups in total. The molecule has 4 rings (SSSR count). The fourth-order valence-corrected chi connectivity index (χ4v) is 4.73. The minimum absolute atomic E-state index is 0.176. The van der Waals surface area contributed by atoms with Crippen LogP contribution < -0.4 is 5.32 Å². The average Bonchev–Trinajstić information content (AvgIpc) is 3.18. The summed E-state index contributed by atoms with van der Waals surface area (Å²) in [5.41, 5.74) is 6.55. The first-order valence-corrected chi connectivity index (χ1v) is 11.3. The maximum atomic E-state index is 13.7. The van der Waals surface area contributed by atoms with E-state index in [9.17, 15) is 9.18 Å². The third-order valence-electron chi connectivity index (χ3n) is 5.13. The highest BCUT2D eigenvalue weighted by Crippen LogP contribution is 2.32. The lowest BCUT2D eigenvalue weighted by molar-refractivity contribution is -0.115. The average molecular weight is 498 g/mol. The van der Waals surface area contributed by atoms with Crippen LogP contribution in [0.1, 0.15) is 28.1 Å². The fraction of sp³-hybridized carbons (Fsp3) is 0.167. The standard InChI is InChI=1S/C24H21BrFN3OS/c1-13-8-19(9-14(2)22(13)25)27-24-28-23(30)21(31-24)11-17-10-15(3)29(16(17)4)20-7-5-6-18(26)12-20/h5-12H,1-4H3,(H,27,28,30)/b21-11-. The summed E-state index contributed by atoms with van der Waals surface area (Å²) in [4.78, 5) is 17.7. The molecule has 158 valence electrons. The second-order valence-corrected chi connectivity index (χ2v) is 9.34. The Balaban J connectivity index is 1.65. The van der Waals surface area contributed by atoms with Crippen molar-refractivity contribution in [2.75, 3.05) is 0 Å². The monoisotopic (exact) mass is 497 g/mol. The van der Waals surface area contributed by atoms with Gasteiger partial charge in [0, 0.05) is 21.5 Å². The highest BCUT2D eigenvalue weighted by molar-refractivity contribution is 9.10. The molecule has 1 aliphatic heterocycles. The van der Waals surface area contributed by atoms with Gasteiger partial charge in [-0.05, 0) is 98.6 Å². The third kappa shape index (κ3) is 4.38. The van der Waals surface area contributed by atoms with Crippen LogP contribution in [0.4, 0.5) is 10.1 Å². The molecular formula is C24H21BrFN3OS. The number of amidine groups is 1. The van der Waals surface area contributed by atoms with Crippen molar-refractivity contribution < 1.29 is 9.18 Å². The molecule has 0 bridgehead atoms. The van der Waals surface area contributed by atoms with Crippen molar-refractivity contribution in [3.05, 3.63) is 85.7 Å². The first-order chi connectivity index (χ1) is 14.7. The summed E-state index contributed by atoms with van der Waals surface area (Å²) in [6.07, 6.45) is 1.86. The Morgan fingerprint density at radius 1 is 1.10 bits per heavy atom. The van der Waals surface area contributed by atoms with E-state index < -0.39 is 0 Å². The van der Waals surface area contributed by atoms with E-state index in [-0.39, 0.29) is 11.7 Å². The number of aryl methyl sites for hydroxylation is 3. The van der Waals surface area contributed by atoms with Gasteiger partial charge in [0.25, 0.3) is 5.91 Å². The van der Waals surface area contributed by atoms with Crippen molar-refractivity contribution in [3.8, 4) is 5.69 Å². The van der Waals surface area contributed by atoms with Crippen LogP contribution in [0, 0.1) is 33.5 Å². The van der Waals surface area contributed by atoms with Crippen LogP contribution in [-0.4, -0.2) is 15.6 Å². The zero-order valence-electron chi connectivity index (χ0n) is 17.6. The van der Waals surface area contributed by atoms with Crippen LogP contribution in [0.2, 0.25) is 0 Å². The molecule has 0 atom stereocenters. The van der Waals surface area contributed by atoms with Crippen molar-refractivity contribution in [2.24, 2.45) is 4.99 Å². The van der Waals surface area contributed by atoms with Crippen LogP contribution >= 0.6 is 27.7 Å². The molecule has 0 spiro atoms. The van der Waals surface area contributed by atoms with Gasteiger partial charge in [0.15, 0.2) is 5.17 Å². The molecule has 31 heavy (non-hydrogen) atoms. The molecule has 1 fully saturated rings. The van der Waals surface area contributed by atoms with Gasteiger partial charge in [-0.2, -0.15) is 0 Å². The van der Waals surface area contributed by atoms with Crippen molar-refractivity contribution in [1.29, 1.82) is 0 Å². The lowest BCUT2D eigenvalue weighted by atomic mass is 10.1. The van der Waals surface area contributed by atoms with Crippen LogP contribution in [0.5, 0.6) is 0 Å². The van der Waals surface area contributed by atoms with Gasteiger partial charge in [-0.3, -0.25) is 4.79 Å². The lowest BCUT2D eigenvalue weighted by Crippen LogP contribution is -2.19. The number of carbonyl (C=O) groups is 1. The number of hydrogen-bond donors (Lipinski definition) is 1. The number of aliphatic imine (C=N–C) groups is 1. The molecular weight excluding hydrogens is 477 g/mol. The molecule has 1 saturated heterocycles. The van der Waals surface area contributed by atoms with E-state index in [0.29, 0.717) is 10.1 Å². The van der Waals surface area contributed by atoms with Crippen molar-refractivity contribution >= 4 is 50.5 Å². The number of nitrogens with one attached hydrogen (secondary N) is 1. The molecule has 1 aliphatic rings. The molecule has 1 aromatic heterocycles. The van der Waals surface area contributed by atoms with Gasteiger partial charge in [0.1, 0.15) is 5.82 Å². The number of hydrogen-bond acceptors (Lipinski definition) is 3. The van der Waals surface area contributed by atoms with Gasteiger partial charge in [-0.25, -0.2) is 9.38 Å². The maximum Gasteiger partial charge on any atom is 0.264 e. The summed E-state index contributed by atoms with van der Waals surface area (Å²) >= 11 is 4.88. The fourth-order valence-electron chi connectivity index (χ4n) is 3.67. The van der Waals surface area contributed by atoms with E-state index in [0.717, 1.165) is 43.9 Å². The van der Waals surface area contributed by atoms with E-state index in [4.69, 9.17) is 0 Å². The summed E-state index contributed by atoms with van der Waals surface area (Å²) in [5.74, 6) is -0.459. The Labute approximate surface area is 193 Å². The van der Waals surface area contributed by atoms with Crippen molar-refractivity contribution in [1.82, 2.24) is 9.88 Å². The minimum Gasteiger partial charge on any atom is -0.318 e. The van der Waals surface area contributed by atoms with Gasteiger partial charge in [0.05, 0.1) is 10.6 Å². The number of thioether (sulfide) groups is 1. The topological polar surface area (TPSA) is 46.4 Å². The van der Waals surface area contributed by atoms with E-state index in [2.05, 4.69) is 26.2 Å². The van der Waals surface area contributed by atoms with Gasteiger partial charge in [-0.1, -0.05) is 22.0 Å². The van der Waals surface area contributed by atoms with Crippen molar-refractivity contribution in [2.45, 2.75) is 27.7 Å². The summed E-state index contributed by atoms with van der Waals surface area (Å²) in [6.45, 7) is 7.96. The molecule has 1 amide bonds. The first-order valence-electron chi connectivity index (χ1n) is 9.74. The van der Waals surface area contributed by atoms with Crippen LogP contribution in [0.25, 0.3) is 11.8 Å². The highest BCUT2D eigenvalue weighted by atomic mass is 79.9. The molecule has 3 aromatic rings. The lowest BCUT2D eigenvalue weighted by Gasteiger charge is -2.09. The Hall–Kier alpha value is -2.64. The molecule has 4 nitrogen and oxygen atoms in total. The van der Waals surface area contributed by atoms with Crippen molar-refractivity contribution in [3.63, 3.8) is 0 Å². The molecule has 2 heterocycles. The van der Waals surface area contributed by atoms with Gasteiger partial charge >= 0.3 is 0 Å². The normalized spacial score (nSPS) is 16.4. The Bertz CT molecular complexity index is 1250. The SMILES string of the molecule is Cc1cc(N=C2NC(=O)/C(=C/c3cc(C)n(-c4cccc(F)c4)c3C)S2)cc(C)c1Br. The third-order valence-corrected chi connectivity index (χ3v) is 7.29. The number of rotatable bonds is 3. The molecule has 7 heteroatoms. The second kappa shape index (κ2) is 8.48. The number of nitrogens with zero attached hydrogens (tertiary/aromatic N) is 2. The molecule has 0 saturated carbocycles. The predicted molar refractivity (Wildman–Crippen MR) is 130 cm³/mol. The number of carbonyl (C=O) groups excluding carboxylic acids is 1. The zero-order valence-corrected chi connectivity index (χ0v) is 20.0. The molecule has 0 aliphatic carbocycles. The maximum absolute atomic E-state index is 13.7. The van der Waals surface area contributed by atoms with E-state index >= 15 is 0 Å². The number of benzene rings is 2. The highest BCUT2D eigenvalue weighted by Gasteiger charge is 2.25. The second-order valence-electron chi connectivity index (χ2n) is 7.52. The smallest absolute Gasteiger partial charge is 0.264 e. The zero-order chi connectivity index (χ0) is 22.3. The number of aromatic nitrogens is 1. The summed E-state index contributed by atoms with van der Waals surface area (Å²) in [7, 11) is 0. The summed E-state index contributed by atoms with van der Waals surface area (Å²) < 4.78 is 16.7. The Kier molecular flexibility index (Phi) is 5.90.